The summed E-state index contributed by atoms with van der Waals surface area (Å²) in [5.41, 5.74) is 4.17. The molecule has 1 N–H and O–H groups in total. The quantitative estimate of drug-likeness (QED) is 0.779. The van der Waals surface area contributed by atoms with E-state index in [1.54, 1.807) is 11.3 Å². The van der Waals surface area contributed by atoms with Crippen molar-refractivity contribution in [2.45, 2.75) is 13.1 Å². The van der Waals surface area contributed by atoms with Gasteiger partial charge in [-0.05, 0) is 11.6 Å². The molecule has 1 aromatic carbocycles. The lowest BCUT2D eigenvalue weighted by Gasteiger charge is -2.06. The third kappa shape index (κ3) is 2.39. The molecule has 90 valence electrons. The van der Waals surface area contributed by atoms with Crippen molar-refractivity contribution in [3.05, 3.63) is 58.7 Å². The number of fused-ring (bicyclic) bond motifs is 1. The summed E-state index contributed by atoms with van der Waals surface area (Å²) in [4.78, 5) is 9.76. The van der Waals surface area contributed by atoms with Crippen LogP contribution in [0.3, 0.4) is 0 Å². The van der Waals surface area contributed by atoms with Crippen LogP contribution in [0.4, 0.5) is 0 Å². The highest BCUT2D eigenvalue weighted by atomic mass is 32.1. The van der Waals surface area contributed by atoms with E-state index in [0.717, 1.165) is 18.6 Å². The van der Waals surface area contributed by atoms with Crippen molar-refractivity contribution in [2.24, 2.45) is 0 Å². The molecule has 0 fully saturated rings. The Bertz CT molecular complexity index is 629. The summed E-state index contributed by atoms with van der Waals surface area (Å²) in [6, 6.07) is 10.4. The molecule has 0 spiro atoms. The first kappa shape index (κ1) is 11.3. The zero-order valence-electron chi connectivity index (χ0n) is 9.84. The molecule has 2 aromatic heterocycles. The minimum Gasteiger partial charge on any atom is -0.308 e. The second-order valence-corrected chi connectivity index (χ2v) is 5.03. The molecule has 0 saturated carbocycles. The lowest BCUT2D eigenvalue weighted by molar-refractivity contribution is 0.702. The predicted octanol–water partition coefficient (Wildman–Crippen LogP) is 2.98. The Morgan fingerprint density at radius 2 is 2.06 bits per heavy atom. The summed E-state index contributed by atoms with van der Waals surface area (Å²) in [6.45, 7) is 1.68. The second kappa shape index (κ2) is 5.25. The predicted molar refractivity (Wildman–Crippen MR) is 74.4 cm³/mol. The maximum absolute atomic E-state index is 4.45. The van der Waals surface area contributed by atoms with Crippen molar-refractivity contribution in [3.63, 3.8) is 0 Å². The van der Waals surface area contributed by atoms with Gasteiger partial charge in [0.05, 0.1) is 11.0 Å². The minimum absolute atomic E-state index is 0.826. The molecule has 0 unspecified atom stereocenters. The first-order chi connectivity index (χ1) is 8.93. The Morgan fingerprint density at radius 3 is 2.94 bits per heavy atom. The van der Waals surface area contributed by atoms with Crippen LogP contribution in [0.15, 0.2) is 48.2 Å². The van der Waals surface area contributed by atoms with Crippen LogP contribution < -0.4 is 5.32 Å². The largest absolute Gasteiger partial charge is 0.308 e. The van der Waals surface area contributed by atoms with Gasteiger partial charge in [-0.2, -0.15) is 0 Å². The van der Waals surface area contributed by atoms with E-state index in [1.165, 1.54) is 15.8 Å². The molecule has 0 atom stereocenters. The van der Waals surface area contributed by atoms with Gasteiger partial charge in [0, 0.05) is 35.7 Å². The Labute approximate surface area is 110 Å². The Kier molecular flexibility index (Phi) is 3.30. The highest BCUT2D eigenvalue weighted by molar-refractivity contribution is 7.09. The van der Waals surface area contributed by atoms with Crippen molar-refractivity contribution in [3.8, 4) is 0 Å². The summed E-state index contributed by atoms with van der Waals surface area (Å²) in [7, 11) is 0. The van der Waals surface area contributed by atoms with Crippen LogP contribution in [0.25, 0.3) is 10.9 Å². The molecule has 3 aromatic rings. The molecule has 18 heavy (non-hydrogen) atoms. The molecule has 0 radical (unpaired) electrons. The van der Waals surface area contributed by atoms with Crippen LogP contribution in [0, 0.1) is 0 Å². The zero-order valence-corrected chi connectivity index (χ0v) is 10.7. The summed E-state index contributed by atoms with van der Waals surface area (Å²) >= 11 is 1.67. The van der Waals surface area contributed by atoms with E-state index >= 15 is 0 Å². The topological polar surface area (TPSA) is 37.8 Å². The maximum Gasteiger partial charge on any atom is 0.0794 e. The normalized spacial score (nSPS) is 10.9. The van der Waals surface area contributed by atoms with Crippen LogP contribution in [-0.2, 0) is 13.1 Å². The van der Waals surface area contributed by atoms with Gasteiger partial charge in [-0.1, -0.05) is 24.3 Å². The molecule has 3 nitrogen and oxygen atoms in total. The number of nitrogens with zero attached hydrogens (tertiary/aromatic N) is 2. The van der Waals surface area contributed by atoms with Gasteiger partial charge in [-0.15, -0.1) is 11.3 Å². The Morgan fingerprint density at radius 1 is 1.11 bits per heavy atom. The van der Waals surface area contributed by atoms with E-state index in [0.29, 0.717) is 0 Å². The zero-order chi connectivity index (χ0) is 12.2. The van der Waals surface area contributed by atoms with Gasteiger partial charge in [-0.3, -0.25) is 9.97 Å². The monoisotopic (exact) mass is 255 g/mol. The number of hydrogen-bond acceptors (Lipinski definition) is 4. The van der Waals surface area contributed by atoms with Crippen molar-refractivity contribution < 1.29 is 0 Å². The van der Waals surface area contributed by atoms with Crippen molar-refractivity contribution in [1.82, 2.24) is 15.3 Å². The minimum atomic E-state index is 0.826. The molecule has 0 aliphatic heterocycles. The second-order valence-electron chi connectivity index (χ2n) is 4.06. The Hall–Kier alpha value is -1.78. The number of thiazole rings is 1. The number of nitrogens with one attached hydrogen (secondary N) is 1. The maximum atomic E-state index is 4.45. The average molecular weight is 255 g/mol. The fourth-order valence-electron chi connectivity index (χ4n) is 1.96. The molecule has 0 aliphatic rings. The highest BCUT2D eigenvalue weighted by Gasteiger charge is 2.01. The van der Waals surface area contributed by atoms with Crippen molar-refractivity contribution >= 4 is 22.2 Å². The van der Waals surface area contributed by atoms with E-state index < -0.39 is 0 Å². The summed E-state index contributed by atoms with van der Waals surface area (Å²) in [5.74, 6) is 0. The van der Waals surface area contributed by atoms with E-state index in [2.05, 4.69) is 39.6 Å². The smallest absolute Gasteiger partial charge is 0.0794 e. The van der Waals surface area contributed by atoms with E-state index in [1.807, 2.05) is 24.0 Å². The number of pyridine rings is 1. The molecule has 4 heteroatoms. The van der Waals surface area contributed by atoms with Gasteiger partial charge in [0.2, 0.25) is 0 Å². The third-order valence-electron chi connectivity index (χ3n) is 2.81. The summed E-state index contributed by atoms with van der Waals surface area (Å²) in [5, 5.41) is 4.62. The fourth-order valence-corrected chi connectivity index (χ4v) is 2.52. The molecule has 0 saturated heterocycles. The first-order valence-corrected chi connectivity index (χ1v) is 6.72. The number of para-hydroxylation sites is 1. The van der Waals surface area contributed by atoms with E-state index in [4.69, 9.17) is 0 Å². The van der Waals surface area contributed by atoms with Gasteiger partial charge in [0.25, 0.3) is 0 Å². The Balaban J connectivity index is 1.74. The molecule has 0 amide bonds. The van der Waals surface area contributed by atoms with Crippen molar-refractivity contribution in [2.75, 3.05) is 0 Å². The summed E-state index contributed by atoms with van der Waals surface area (Å²) < 4.78 is 0. The van der Waals surface area contributed by atoms with Crippen LogP contribution in [0.2, 0.25) is 0 Å². The van der Waals surface area contributed by atoms with E-state index in [-0.39, 0.29) is 0 Å². The molecule has 2 heterocycles. The fraction of sp³-hybridized carbons (Fsp3) is 0.143. The molecule has 0 bridgehead atoms. The molecular weight excluding hydrogens is 242 g/mol. The third-order valence-corrected chi connectivity index (χ3v) is 3.59. The van der Waals surface area contributed by atoms with Crippen LogP contribution in [0.5, 0.6) is 0 Å². The van der Waals surface area contributed by atoms with Crippen molar-refractivity contribution in [1.29, 1.82) is 0 Å². The number of aromatic nitrogens is 2. The van der Waals surface area contributed by atoms with Crippen LogP contribution in [-0.4, -0.2) is 9.97 Å². The standard InChI is InChI=1S/C14H13N3S/c1-3-11-5-2-6-17-14(11)12(4-1)7-15-8-13-9-16-10-18-13/h1-6,9-10,15H,7-8H2. The lowest BCUT2D eigenvalue weighted by atomic mass is 10.1. The average Bonchev–Trinajstić information content (AvgIpc) is 2.92. The van der Waals surface area contributed by atoms with Crippen LogP contribution in [0.1, 0.15) is 10.4 Å². The van der Waals surface area contributed by atoms with Gasteiger partial charge in [0.1, 0.15) is 0 Å². The lowest BCUT2D eigenvalue weighted by Crippen LogP contribution is -2.12. The molecule has 3 rings (SSSR count). The van der Waals surface area contributed by atoms with Gasteiger partial charge < -0.3 is 5.32 Å². The van der Waals surface area contributed by atoms with Gasteiger partial charge in [0.15, 0.2) is 0 Å². The number of benzene rings is 1. The van der Waals surface area contributed by atoms with E-state index in [9.17, 15) is 0 Å². The van der Waals surface area contributed by atoms with Gasteiger partial charge >= 0.3 is 0 Å². The summed E-state index contributed by atoms with van der Waals surface area (Å²) in [6.07, 6.45) is 3.74. The molecular formula is C14H13N3S. The first-order valence-electron chi connectivity index (χ1n) is 5.84. The van der Waals surface area contributed by atoms with Gasteiger partial charge in [-0.25, -0.2) is 0 Å². The van der Waals surface area contributed by atoms with Crippen LogP contribution >= 0.6 is 11.3 Å². The number of rotatable bonds is 4. The molecule has 0 aliphatic carbocycles. The number of hydrogen-bond donors (Lipinski definition) is 1. The highest BCUT2D eigenvalue weighted by Crippen LogP contribution is 2.15. The SMILES string of the molecule is c1cnc2c(CNCc3cncs3)cccc2c1.